The maximum Gasteiger partial charge on any atom is 0.254 e. The van der Waals surface area contributed by atoms with Gasteiger partial charge < -0.3 is 14.3 Å². The molecule has 35 heavy (non-hydrogen) atoms. The summed E-state index contributed by atoms with van der Waals surface area (Å²) in [4.78, 5) is 29.0. The maximum atomic E-state index is 13.5. The maximum absolute atomic E-state index is 13.5. The van der Waals surface area contributed by atoms with Crippen LogP contribution in [0.4, 0.5) is 0 Å². The molecule has 176 valence electrons. The molecule has 5 rings (SSSR count). The highest BCUT2D eigenvalue weighted by atomic mass is 32.2. The fraction of sp³-hybridized carbons (Fsp3) is 0.192. The van der Waals surface area contributed by atoms with Crippen molar-refractivity contribution in [2.45, 2.75) is 23.2 Å². The molecule has 1 aliphatic rings. The number of benzene rings is 2. The Labute approximate surface area is 207 Å². The highest BCUT2D eigenvalue weighted by Crippen LogP contribution is 2.32. The number of aromatic nitrogens is 3. The summed E-state index contributed by atoms with van der Waals surface area (Å²) < 4.78 is 5.57. The lowest BCUT2D eigenvalue weighted by molar-refractivity contribution is 0.0713. The van der Waals surface area contributed by atoms with E-state index in [1.54, 1.807) is 11.1 Å². The zero-order chi connectivity index (χ0) is 24.0. The number of pyridine rings is 1. The minimum atomic E-state index is -0.411. The van der Waals surface area contributed by atoms with Crippen LogP contribution in [0.25, 0.3) is 11.1 Å². The van der Waals surface area contributed by atoms with Crippen LogP contribution in [0.15, 0.2) is 93.7 Å². The van der Waals surface area contributed by atoms with E-state index in [0.29, 0.717) is 36.0 Å². The third kappa shape index (κ3) is 5.25. The standard InChI is InChI=1S/C26H23N5O3S/c1-33-29-21-15-22(25-28-23(30-34-25)17-35-24-9-5-6-14-27-24)31(16-21)26(32)20-12-10-19(11-13-20)18-7-3-2-4-8-18/h2-14,22H,15-17H2,1H3/b29-21+/t22-/m0/s1. The number of oxime groups is 1. The second-order valence-electron chi connectivity index (χ2n) is 7.94. The summed E-state index contributed by atoms with van der Waals surface area (Å²) in [6.45, 7) is 0.332. The van der Waals surface area contributed by atoms with Crippen LogP contribution < -0.4 is 0 Å². The van der Waals surface area contributed by atoms with Gasteiger partial charge in [0, 0.05) is 18.2 Å². The molecule has 8 nitrogen and oxygen atoms in total. The third-order valence-corrected chi connectivity index (χ3v) is 6.57. The van der Waals surface area contributed by atoms with E-state index in [-0.39, 0.29) is 5.91 Å². The molecule has 0 N–H and O–H groups in total. The van der Waals surface area contributed by atoms with Gasteiger partial charge >= 0.3 is 0 Å². The van der Waals surface area contributed by atoms with Crippen molar-refractivity contribution in [3.63, 3.8) is 0 Å². The number of rotatable bonds is 7. The number of nitrogens with zero attached hydrogens (tertiary/aromatic N) is 5. The first-order chi connectivity index (χ1) is 17.2. The molecule has 4 aromatic rings. The largest absolute Gasteiger partial charge is 0.399 e. The minimum absolute atomic E-state index is 0.126. The SMILES string of the molecule is CO/N=C1\C[C@@H](c2nc(CSc3ccccn3)no2)N(C(=O)c2ccc(-c3ccccc3)cc2)C1. The lowest BCUT2D eigenvalue weighted by Crippen LogP contribution is -2.31. The molecule has 0 aliphatic carbocycles. The first kappa shape index (κ1) is 22.8. The molecule has 1 amide bonds. The van der Waals surface area contributed by atoms with E-state index in [1.165, 1.54) is 18.9 Å². The van der Waals surface area contributed by atoms with Gasteiger partial charge in [0.15, 0.2) is 5.82 Å². The summed E-state index contributed by atoms with van der Waals surface area (Å²) in [6.07, 6.45) is 2.21. The lowest BCUT2D eigenvalue weighted by atomic mass is 10.0. The quantitative estimate of drug-likeness (QED) is 0.268. The van der Waals surface area contributed by atoms with E-state index in [9.17, 15) is 4.79 Å². The average Bonchev–Trinajstić information content (AvgIpc) is 3.56. The van der Waals surface area contributed by atoms with Crippen molar-refractivity contribution in [2.24, 2.45) is 5.16 Å². The molecule has 0 spiro atoms. The number of likely N-dealkylation sites (tertiary alicyclic amines) is 1. The number of hydrogen-bond acceptors (Lipinski definition) is 8. The predicted molar refractivity (Wildman–Crippen MR) is 133 cm³/mol. The van der Waals surface area contributed by atoms with E-state index in [2.05, 4.69) is 20.3 Å². The number of carbonyl (C=O) groups excluding carboxylic acids is 1. The monoisotopic (exact) mass is 485 g/mol. The minimum Gasteiger partial charge on any atom is -0.399 e. The van der Waals surface area contributed by atoms with Crippen LogP contribution in [0.5, 0.6) is 0 Å². The summed E-state index contributed by atoms with van der Waals surface area (Å²) in [5.74, 6) is 1.32. The molecule has 2 aromatic heterocycles. The van der Waals surface area contributed by atoms with Crippen LogP contribution in [0.3, 0.4) is 0 Å². The summed E-state index contributed by atoms with van der Waals surface area (Å²) in [7, 11) is 1.49. The van der Waals surface area contributed by atoms with Crippen molar-refractivity contribution < 1.29 is 14.2 Å². The summed E-state index contributed by atoms with van der Waals surface area (Å²) in [6, 6.07) is 23.0. The molecule has 1 aliphatic heterocycles. The van der Waals surface area contributed by atoms with Gasteiger partial charge in [-0.25, -0.2) is 4.98 Å². The van der Waals surface area contributed by atoms with Crippen LogP contribution >= 0.6 is 11.8 Å². The molecule has 9 heteroatoms. The summed E-state index contributed by atoms with van der Waals surface area (Å²) in [5.41, 5.74) is 3.48. The molecule has 0 unspecified atom stereocenters. The van der Waals surface area contributed by atoms with E-state index < -0.39 is 6.04 Å². The Morgan fingerprint density at radius 1 is 1.09 bits per heavy atom. The molecule has 2 aromatic carbocycles. The Morgan fingerprint density at radius 3 is 2.60 bits per heavy atom. The van der Waals surface area contributed by atoms with Crippen LogP contribution in [0, 0.1) is 0 Å². The van der Waals surface area contributed by atoms with Crippen molar-refractivity contribution in [3.8, 4) is 11.1 Å². The normalized spacial score (nSPS) is 16.5. The molecule has 1 atom stereocenters. The van der Waals surface area contributed by atoms with Gasteiger partial charge in [0.05, 0.1) is 23.0 Å². The zero-order valence-corrected chi connectivity index (χ0v) is 19.9. The number of hydrogen-bond donors (Lipinski definition) is 0. The van der Waals surface area contributed by atoms with E-state index in [0.717, 1.165) is 21.9 Å². The third-order valence-electron chi connectivity index (χ3n) is 5.63. The molecule has 0 bridgehead atoms. The summed E-state index contributed by atoms with van der Waals surface area (Å²) >= 11 is 1.52. The molecule has 0 saturated carbocycles. The van der Waals surface area contributed by atoms with Crippen LogP contribution in [0.2, 0.25) is 0 Å². The van der Waals surface area contributed by atoms with Gasteiger partial charge in [-0.05, 0) is 35.4 Å². The number of carbonyl (C=O) groups is 1. The Balaban J connectivity index is 1.34. The lowest BCUT2D eigenvalue weighted by Gasteiger charge is -2.21. The topological polar surface area (TPSA) is 93.7 Å². The van der Waals surface area contributed by atoms with Crippen molar-refractivity contribution >= 4 is 23.4 Å². The van der Waals surface area contributed by atoms with Gasteiger partial charge in [0.2, 0.25) is 5.89 Å². The smallest absolute Gasteiger partial charge is 0.254 e. The van der Waals surface area contributed by atoms with Gasteiger partial charge in [-0.3, -0.25) is 4.79 Å². The fourth-order valence-corrected chi connectivity index (χ4v) is 4.67. The van der Waals surface area contributed by atoms with Gasteiger partial charge in [0.1, 0.15) is 13.2 Å². The highest BCUT2D eigenvalue weighted by Gasteiger charge is 2.38. The summed E-state index contributed by atoms with van der Waals surface area (Å²) in [5, 5.41) is 9.08. The highest BCUT2D eigenvalue weighted by molar-refractivity contribution is 7.98. The van der Waals surface area contributed by atoms with Gasteiger partial charge in [-0.1, -0.05) is 70.6 Å². The van der Waals surface area contributed by atoms with Crippen molar-refractivity contribution in [1.29, 1.82) is 0 Å². The first-order valence-corrected chi connectivity index (χ1v) is 12.1. The number of amides is 1. The molecule has 0 radical (unpaired) electrons. The van der Waals surface area contributed by atoms with E-state index in [4.69, 9.17) is 9.36 Å². The van der Waals surface area contributed by atoms with Crippen molar-refractivity contribution in [3.05, 3.63) is 96.3 Å². The Kier molecular flexibility index (Phi) is 6.85. The molecule has 3 heterocycles. The van der Waals surface area contributed by atoms with E-state index >= 15 is 0 Å². The Morgan fingerprint density at radius 2 is 1.86 bits per heavy atom. The molecule has 1 fully saturated rings. The van der Waals surface area contributed by atoms with Gasteiger partial charge in [0.25, 0.3) is 5.91 Å². The van der Waals surface area contributed by atoms with Crippen molar-refractivity contribution in [2.75, 3.05) is 13.7 Å². The zero-order valence-electron chi connectivity index (χ0n) is 19.1. The van der Waals surface area contributed by atoms with Crippen molar-refractivity contribution in [1.82, 2.24) is 20.0 Å². The molecular formula is C26H23N5O3S. The van der Waals surface area contributed by atoms with Gasteiger partial charge in [-0.2, -0.15) is 4.98 Å². The predicted octanol–water partition coefficient (Wildman–Crippen LogP) is 5.01. The molecular weight excluding hydrogens is 462 g/mol. The number of thioether (sulfide) groups is 1. The Hall–Kier alpha value is -3.98. The average molecular weight is 486 g/mol. The van der Waals surface area contributed by atoms with E-state index in [1.807, 2.05) is 72.8 Å². The Bertz CT molecular complexity index is 1310. The van der Waals surface area contributed by atoms with Crippen LogP contribution in [-0.4, -0.2) is 45.3 Å². The first-order valence-electron chi connectivity index (χ1n) is 11.1. The fourth-order valence-electron chi connectivity index (χ4n) is 3.97. The second-order valence-corrected chi connectivity index (χ2v) is 8.94. The van der Waals surface area contributed by atoms with Crippen LogP contribution in [-0.2, 0) is 10.6 Å². The molecule has 1 saturated heterocycles. The van der Waals surface area contributed by atoms with Gasteiger partial charge in [-0.15, -0.1) is 0 Å². The second kappa shape index (κ2) is 10.5. The van der Waals surface area contributed by atoms with Crippen LogP contribution in [0.1, 0.15) is 34.5 Å².